The van der Waals surface area contributed by atoms with E-state index >= 15 is 0 Å². The molecule has 0 radical (unpaired) electrons. The van der Waals surface area contributed by atoms with Crippen LogP contribution in [0.25, 0.3) is 22.2 Å². The zero-order valence-corrected chi connectivity index (χ0v) is 25.1. The molecular formula is C35H38N6O3. The number of ether oxygens (including phenoxy) is 2. The molecule has 1 atom stereocenters. The summed E-state index contributed by atoms with van der Waals surface area (Å²) < 4.78 is 13.4. The number of aromatic nitrogens is 3. The maximum atomic E-state index is 12.9. The predicted octanol–water partition coefficient (Wildman–Crippen LogP) is 4.88. The quantitative estimate of drug-likeness (QED) is 0.253. The first-order valence-corrected chi connectivity index (χ1v) is 15.3. The molecule has 0 aliphatic carbocycles. The lowest BCUT2D eigenvalue weighted by Crippen LogP contribution is -2.36. The SMILES string of the molecule is Cn1c(C#CC2CCCN(C(=O)/C=C/CN3CCOCC3)CC2)c(-c2ccc(Oc3ccccc3)cc2)c2c(N)ncnc21. The van der Waals surface area contributed by atoms with Gasteiger partial charge in [-0.05, 0) is 55.0 Å². The maximum absolute atomic E-state index is 12.9. The van der Waals surface area contributed by atoms with Gasteiger partial charge < -0.3 is 24.7 Å². The van der Waals surface area contributed by atoms with Gasteiger partial charge in [0, 0.05) is 57.3 Å². The fraction of sp³-hybridized carbons (Fsp3) is 0.343. The Morgan fingerprint density at radius 1 is 1.02 bits per heavy atom. The number of rotatable bonds is 6. The molecule has 2 aromatic heterocycles. The molecule has 44 heavy (non-hydrogen) atoms. The molecule has 2 aliphatic rings. The van der Waals surface area contributed by atoms with E-state index in [9.17, 15) is 4.79 Å². The first-order valence-electron chi connectivity index (χ1n) is 15.3. The number of nitrogens with two attached hydrogens (primary N) is 1. The van der Waals surface area contributed by atoms with Gasteiger partial charge in [0.25, 0.3) is 0 Å². The second kappa shape index (κ2) is 13.8. The molecular weight excluding hydrogens is 552 g/mol. The van der Waals surface area contributed by atoms with E-state index in [1.165, 1.54) is 6.33 Å². The number of nitrogen functional groups attached to an aromatic ring is 1. The summed E-state index contributed by atoms with van der Waals surface area (Å²) in [4.78, 5) is 26.0. The average Bonchev–Trinajstić information content (AvgIpc) is 3.17. The van der Waals surface area contributed by atoms with Crippen molar-refractivity contribution in [2.75, 3.05) is 51.7 Å². The first-order chi connectivity index (χ1) is 21.6. The van der Waals surface area contributed by atoms with Crippen LogP contribution in [0.5, 0.6) is 11.5 Å². The molecule has 9 heteroatoms. The van der Waals surface area contributed by atoms with E-state index in [-0.39, 0.29) is 11.8 Å². The minimum Gasteiger partial charge on any atom is -0.457 e. The molecule has 0 saturated carbocycles. The van der Waals surface area contributed by atoms with Gasteiger partial charge in [-0.2, -0.15) is 0 Å². The van der Waals surface area contributed by atoms with Crippen LogP contribution in [-0.2, 0) is 16.6 Å². The Morgan fingerprint density at radius 2 is 1.80 bits per heavy atom. The minimum absolute atomic E-state index is 0.0802. The molecule has 6 rings (SSSR count). The summed E-state index contributed by atoms with van der Waals surface area (Å²) in [5.41, 5.74) is 9.85. The van der Waals surface area contributed by atoms with Crippen molar-refractivity contribution in [1.29, 1.82) is 0 Å². The summed E-state index contributed by atoms with van der Waals surface area (Å²) in [6.45, 7) is 5.57. The van der Waals surface area contributed by atoms with Crippen LogP contribution in [0, 0.1) is 17.8 Å². The zero-order chi connectivity index (χ0) is 30.3. The standard InChI is InChI=1S/C35H38N6O3/c1-39-30(16-11-26-7-5-19-41(20-17-26)31(42)10-6-18-40-21-23-43-24-22-40)32(33-34(36)37-25-38-35(33)39)27-12-14-29(15-13-27)44-28-8-3-2-4-9-28/h2-4,6,8-10,12-15,25-26H,5,7,17-24H2,1H3,(H2,36,37,38)/b10-6+. The lowest BCUT2D eigenvalue weighted by molar-refractivity contribution is -0.126. The largest absolute Gasteiger partial charge is 0.457 e. The molecule has 0 spiro atoms. The van der Waals surface area contributed by atoms with Crippen LogP contribution >= 0.6 is 0 Å². The number of carbonyl (C=O) groups excluding carboxylic acids is 1. The average molecular weight is 591 g/mol. The van der Waals surface area contributed by atoms with Gasteiger partial charge in [0.2, 0.25) is 5.91 Å². The number of aryl methyl sites for hydroxylation is 1. The third-order valence-corrected chi connectivity index (χ3v) is 8.28. The van der Waals surface area contributed by atoms with Gasteiger partial charge in [-0.25, -0.2) is 9.97 Å². The number of fused-ring (bicyclic) bond motifs is 1. The van der Waals surface area contributed by atoms with E-state index in [1.54, 1.807) is 6.08 Å². The number of benzene rings is 2. The van der Waals surface area contributed by atoms with Crippen molar-refractivity contribution >= 4 is 22.8 Å². The van der Waals surface area contributed by atoms with E-state index < -0.39 is 0 Å². The van der Waals surface area contributed by atoms with Gasteiger partial charge in [-0.3, -0.25) is 9.69 Å². The molecule has 4 aromatic rings. The van der Waals surface area contributed by atoms with Crippen molar-refractivity contribution in [2.24, 2.45) is 13.0 Å². The van der Waals surface area contributed by atoms with E-state index in [0.29, 0.717) is 12.4 Å². The fourth-order valence-corrected chi connectivity index (χ4v) is 5.84. The molecule has 9 nitrogen and oxygen atoms in total. The second-order valence-electron chi connectivity index (χ2n) is 11.2. The normalized spacial score (nSPS) is 17.8. The summed E-state index contributed by atoms with van der Waals surface area (Å²) >= 11 is 0. The van der Waals surface area contributed by atoms with Gasteiger partial charge in [-0.1, -0.05) is 42.3 Å². The highest BCUT2D eigenvalue weighted by molar-refractivity contribution is 6.03. The Hall–Kier alpha value is -4.65. The van der Waals surface area contributed by atoms with Gasteiger partial charge in [0.05, 0.1) is 18.6 Å². The predicted molar refractivity (Wildman–Crippen MR) is 172 cm³/mol. The number of likely N-dealkylation sites (tertiary alicyclic amines) is 1. The van der Waals surface area contributed by atoms with Gasteiger partial charge in [-0.15, -0.1) is 0 Å². The number of hydrogen-bond donors (Lipinski definition) is 1. The van der Waals surface area contributed by atoms with Crippen LogP contribution in [0.1, 0.15) is 25.0 Å². The van der Waals surface area contributed by atoms with E-state index in [1.807, 2.05) is 77.2 Å². The van der Waals surface area contributed by atoms with Crippen LogP contribution < -0.4 is 10.5 Å². The summed E-state index contributed by atoms with van der Waals surface area (Å²) in [7, 11) is 1.96. The Balaban J connectivity index is 1.19. The zero-order valence-electron chi connectivity index (χ0n) is 25.1. The monoisotopic (exact) mass is 590 g/mol. The van der Waals surface area contributed by atoms with Crippen LogP contribution in [0.4, 0.5) is 5.82 Å². The van der Waals surface area contributed by atoms with Crippen LogP contribution in [-0.4, -0.2) is 76.2 Å². The van der Waals surface area contributed by atoms with E-state index in [2.05, 4.69) is 26.7 Å². The highest BCUT2D eigenvalue weighted by Crippen LogP contribution is 2.37. The molecule has 2 fully saturated rings. The van der Waals surface area contributed by atoms with Gasteiger partial charge >= 0.3 is 0 Å². The van der Waals surface area contributed by atoms with Crippen molar-refractivity contribution in [3.05, 3.63) is 78.8 Å². The number of morpholine rings is 1. The van der Waals surface area contributed by atoms with E-state index in [4.69, 9.17) is 15.2 Å². The number of para-hydroxylation sites is 1. The fourth-order valence-electron chi connectivity index (χ4n) is 5.84. The minimum atomic E-state index is 0.0802. The molecule has 1 amide bonds. The molecule has 226 valence electrons. The highest BCUT2D eigenvalue weighted by atomic mass is 16.5. The van der Waals surface area contributed by atoms with Crippen molar-refractivity contribution in [3.63, 3.8) is 0 Å². The van der Waals surface area contributed by atoms with Crippen molar-refractivity contribution in [1.82, 2.24) is 24.3 Å². The van der Waals surface area contributed by atoms with Crippen molar-refractivity contribution in [2.45, 2.75) is 19.3 Å². The Morgan fingerprint density at radius 3 is 2.59 bits per heavy atom. The van der Waals surface area contributed by atoms with Crippen molar-refractivity contribution < 1.29 is 14.3 Å². The van der Waals surface area contributed by atoms with Crippen LogP contribution in [0.3, 0.4) is 0 Å². The number of nitrogens with zero attached hydrogens (tertiary/aromatic N) is 5. The Bertz CT molecular complexity index is 1680. The first kappa shape index (κ1) is 29.4. The smallest absolute Gasteiger partial charge is 0.246 e. The third kappa shape index (κ3) is 6.77. The number of amides is 1. The Kier molecular flexibility index (Phi) is 9.20. The summed E-state index contributed by atoms with van der Waals surface area (Å²) in [5, 5.41) is 0.789. The number of anilines is 1. The van der Waals surface area contributed by atoms with Gasteiger partial charge in [0.15, 0.2) is 0 Å². The summed E-state index contributed by atoms with van der Waals surface area (Å²) in [6.07, 6.45) is 7.90. The Labute approximate surface area is 258 Å². The van der Waals surface area contributed by atoms with E-state index in [0.717, 1.165) is 98.0 Å². The number of hydrogen-bond acceptors (Lipinski definition) is 7. The second-order valence-corrected chi connectivity index (χ2v) is 11.2. The molecule has 0 bridgehead atoms. The molecule has 1 unspecified atom stereocenters. The van der Waals surface area contributed by atoms with Gasteiger partial charge in [0.1, 0.15) is 35.0 Å². The molecule has 2 saturated heterocycles. The van der Waals surface area contributed by atoms with Crippen LogP contribution in [0.15, 0.2) is 73.1 Å². The van der Waals surface area contributed by atoms with Crippen LogP contribution in [0.2, 0.25) is 0 Å². The highest BCUT2D eigenvalue weighted by Gasteiger charge is 2.21. The number of carbonyl (C=O) groups is 1. The summed E-state index contributed by atoms with van der Waals surface area (Å²) in [6, 6.07) is 17.6. The molecule has 2 N–H and O–H groups in total. The lowest BCUT2D eigenvalue weighted by Gasteiger charge is -2.25. The topological polar surface area (TPSA) is 98.7 Å². The molecule has 2 aliphatic heterocycles. The third-order valence-electron chi connectivity index (χ3n) is 8.28. The molecule has 2 aromatic carbocycles. The molecule has 4 heterocycles. The summed E-state index contributed by atoms with van der Waals surface area (Å²) in [5.74, 6) is 9.23. The van der Waals surface area contributed by atoms with Crippen molar-refractivity contribution in [3.8, 4) is 34.5 Å². The lowest BCUT2D eigenvalue weighted by atomic mass is 9.99. The maximum Gasteiger partial charge on any atom is 0.246 e.